The van der Waals surface area contributed by atoms with Gasteiger partial charge in [0.1, 0.15) is 0 Å². The number of halogens is 1. The van der Waals surface area contributed by atoms with E-state index in [9.17, 15) is 8.42 Å². The number of nitrogens with one attached hydrogen (secondary N) is 2. The molecule has 1 saturated carbocycles. The molecule has 0 amide bonds. The molecule has 17 heavy (non-hydrogen) atoms. The molecule has 0 saturated heterocycles. The molecule has 6 heteroatoms. The highest BCUT2D eigenvalue weighted by Crippen LogP contribution is 2.27. The summed E-state index contributed by atoms with van der Waals surface area (Å²) in [6.45, 7) is 0.652. The third-order valence-electron chi connectivity index (χ3n) is 2.57. The molecule has 0 atom stereocenters. The standard InChI is InChI=1S/C11H15BrN2O2S/c1-13-7-8-2-5-10(12)11(6-8)17(15,16)14-9-3-4-9/h2,5-6,9,13-14H,3-4,7H2,1H3. The SMILES string of the molecule is CNCc1ccc(Br)c(S(=O)(=O)NC2CC2)c1. The van der Waals surface area contributed by atoms with Crippen molar-refractivity contribution in [1.29, 1.82) is 0 Å². The van der Waals surface area contributed by atoms with Crippen molar-refractivity contribution in [1.82, 2.24) is 10.0 Å². The summed E-state index contributed by atoms with van der Waals surface area (Å²) in [5.74, 6) is 0. The van der Waals surface area contributed by atoms with E-state index in [-0.39, 0.29) is 6.04 Å². The zero-order valence-electron chi connectivity index (χ0n) is 9.53. The summed E-state index contributed by atoms with van der Waals surface area (Å²) in [6.07, 6.45) is 1.88. The first kappa shape index (κ1) is 13.0. The van der Waals surface area contributed by atoms with Crippen LogP contribution in [0.25, 0.3) is 0 Å². The van der Waals surface area contributed by atoms with Crippen LogP contribution in [0, 0.1) is 0 Å². The van der Waals surface area contributed by atoms with Crippen molar-refractivity contribution in [2.75, 3.05) is 7.05 Å². The molecule has 2 N–H and O–H groups in total. The Hall–Kier alpha value is -0.430. The van der Waals surface area contributed by atoms with Crippen LogP contribution in [-0.4, -0.2) is 21.5 Å². The Bertz CT molecular complexity index is 512. The van der Waals surface area contributed by atoms with E-state index >= 15 is 0 Å². The maximum Gasteiger partial charge on any atom is 0.241 e. The molecular weight excluding hydrogens is 304 g/mol. The zero-order valence-corrected chi connectivity index (χ0v) is 11.9. The third-order valence-corrected chi connectivity index (χ3v) is 5.08. The quantitative estimate of drug-likeness (QED) is 0.867. The Morgan fingerprint density at radius 1 is 1.41 bits per heavy atom. The van der Waals surface area contributed by atoms with Crippen LogP contribution in [-0.2, 0) is 16.6 Å². The summed E-state index contributed by atoms with van der Waals surface area (Å²) in [4.78, 5) is 0.317. The molecule has 1 aliphatic carbocycles. The Balaban J connectivity index is 2.31. The van der Waals surface area contributed by atoms with E-state index in [0.29, 0.717) is 15.9 Å². The van der Waals surface area contributed by atoms with Gasteiger partial charge in [0, 0.05) is 17.1 Å². The second kappa shape index (κ2) is 5.06. The lowest BCUT2D eigenvalue weighted by molar-refractivity contribution is 0.580. The third kappa shape index (κ3) is 3.28. The highest BCUT2D eigenvalue weighted by Gasteiger charge is 2.29. The number of benzene rings is 1. The Morgan fingerprint density at radius 2 is 2.12 bits per heavy atom. The van der Waals surface area contributed by atoms with E-state index < -0.39 is 10.0 Å². The maximum atomic E-state index is 12.1. The van der Waals surface area contributed by atoms with Crippen molar-refractivity contribution in [3.63, 3.8) is 0 Å². The predicted octanol–water partition coefficient (Wildman–Crippen LogP) is 1.61. The summed E-state index contributed by atoms with van der Waals surface area (Å²) in [5, 5.41) is 3.00. The van der Waals surface area contributed by atoms with E-state index in [1.807, 2.05) is 13.1 Å². The van der Waals surface area contributed by atoms with Crippen LogP contribution >= 0.6 is 15.9 Å². The zero-order chi connectivity index (χ0) is 12.5. The summed E-state index contributed by atoms with van der Waals surface area (Å²) in [5.41, 5.74) is 0.951. The molecular formula is C11H15BrN2O2S. The van der Waals surface area contributed by atoms with E-state index in [2.05, 4.69) is 26.0 Å². The van der Waals surface area contributed by atoms with Crippen molar-refractivity contribution >= 4 is 26.0 Å². The summed E-state index contributed by atoms with van der Waals surface area (Å²) < 4.78 is 27.5. The molecule has 1 aromatic rings. The van der Waals surface area contributed by atoms with Gasteiger partial charge in [-0.2, -0.15) is 0 Å². The molecule has 0 radical (unpaired) electrons. The van der Waals surface area contributed by atoms with Gasteiger partial charge in [-0.3, -0.25) is 0 Å². The van der Waals surface area contributed by atoms with Gasteiger partial charge in [0.15, 0.2) is 0 Å². The smallest absolute Gasteiger partial charge is 0.241 e. The Kier molecular flexibility index (Phi) is 3.87. The van der Waals surface area contributed by atoms with Gasteiger partial charge in [-0.25, -0.2) is 13.1 Å². The number of hydrogen-bond acceptors (Lipinski definition) is 3. The van der Waals surface area contributed by atoms with E-state index in [0.717, 1.165) is 18.4 Å². The monoisotopic (exact) mass is 318 g/mol. The van der Waals surface area contributed by atoms with Crippen molar-refractivity contribution in [3.05, 3.63) is 28.2 Å². The summed E-state index contributed by atoms with van der Waals surface area (Å²) in [7, 11) is -1.56. The van der Waals surface area contributed by atoms with Gasteiger partial charge in [0.05, 0.1) is 4.90 Å². The van der Waals surface area contributed by atoms with Gasteiger partial charge in [0.2, 0.25) is 10.0 Å². The van der Waals surface area contributed by atoms with Crippen molar-refractivity contribution in [2.45, 2.75) is 30.3 Å². The molecule has 0 aliphatic heterocycles. The summed E-state index contributed by atoms with van der Waals surface area (Å²) >= 11 is 3.29. The Labute approximate surface area is 110 Å². The fourth-order valence-corrected chi connectivity index (χ4v) is 3.87. The van der Waals surface area contributed by atoms with Gasteiger partial charge in [-0.05, 0) is 53.5 Å². The Morgan fingerprint density at radius 3 is 2.71 bits per heavy atom. The van der Waals surface area contributed by atoms with Crippen LogP contribution in [0.2, 0.25) is 0 Å². The van der Waals surface area contributed by atoms with Crippen LogP contribution in [0.4, 0.5) is 0 Å². The first-order valence-electron chi connectivity index (χ1n) is 5.48. The highest BCUT2D eigenvalue weighted by atomic mass is 79.9. The van der Waals surface area contributed by atoms with Gasteiger partial charge >= 0.3 is 0 Å². The molecule has 0 unspecified atom stereocenters. The van der Waals surface area contributed by atoms with E-state index in [1.165, 1.54) is 0 Å². The topological polar surface area (TPSA) is 58.2 Å². The molecule has 1 aromatic carbocycles. The lowest BCUT2D eigenvalue weighted by Crippen LogP contribution is -2.26. The average molecular weight is 319 g/mol. The number of sulfonamides is 1. The minimum Gasteiger partial charge on any atom is -0.316 e. The first-order valence-corrected chi connectivity index (χ1v) is 7.76. The van der Waals surface area contributed by atoms with E-state index in [1.54, 1.807) is 12.1 Å². The van der Waals surface area contributed by atoms with Gasteiger partial charge in [-0.15, -0.1) is 0 Å². The van der Waals surface area contributed by atoms with Crippen LogP contribution in [0.5, 0.6) is 0 Å². The molecule has 1 aliphatic rings. The number of rotatable bonds is 5. The van der Waals surface area contributed by atoms with Crippen molar-refractivity contribution < 1.29 is 8.42 Å². The molecule has 4 nitrogen and oxygen atoms in total. The summed E-state index contributed by atoms with van der Waals surface area (Å²) in [6, 6.07) is 5.50. The van der Waals surface area contributed by atoms with E-state index in [4.69, 9.17) is 0 Å². The lowest BCUT2D eigenvalue weighted by atomic mass is 10.2. The van der Waals surface area contributed by atoms with Crippen molar-refractivity contribution in [2.24, 2.45) is 0 Å². The minimum absolute atomic E-state index is 0.125. The van der Waals surface area contributed by atoms with Crippen LogP contribution in [0.1, 0.15) is 18.4 Å². The second-order valence-corrected chi connectivity index (χ2v) is 6.73. The normalized spacial score (nSPS) is 16.1. The fourth-order valence-electron chi connectivity index (χ4n) is 1.55. The second-order valence-electron chi connectivity index (χ2n) is 4.19. The van der Waals surface area contributed by atoms with Gasteiger partial charge in [-0.1, -0.05) is 6.07 Å². The fraction of sp³-hybridized carbons (Fsp3) is 0.455. The van der Waals surface area contributed by atoms with Gasteiger partial charge in [0.25, 0.3) is 0 Å². The molecule has 2 rings (SSSR count). The largest absolute Gasteiger partial charge is 0.316 e. The molecule has 0 heterocycles. The lowest BCUT2D eigenvalue weighted by Gasteiger charge is -2.09. The van der Waals surface area contributed by atoms with Crippen molar-refractivity contribution in [3.8, 4) is 0 Å². The molecule has 94 valence electrons. The minimum atomic E-state index is -3.39. The molecule has 0 bridgehead atoms. The highest BCUT2D eigenvalue weighted by molar-refractivity contribution is 9.10. The molecule has 0 aromatic heterocycles. The van der Waals surface area contributed by atoms with Gasteiger partial charge < -0.3 is 5.32 Å². The average Bonchev–Trinajstić information content (AvgIpc) is 3.04. The van der Waals surface area contributed by atoms with Crippen LogP contribution in [0.15, 0.2) is 27.6 Å². The van der Waals surface area contributed by atoms with Crippen LogP contribution < -0.4 is 10.0 Å². The molecule has 0 spiro atoms. The number of hydrogen-bond donors (Lipinski definition) is 2. The first-order chi connectivity index (χ1) is 8.03. The molecule has 1 fully saturated rings. The maximum absolute atomic E-state index is 12.1. The predicted molar refractivity (Wildman–Crippen MR) is 70.2 cm³/mol. The van der Waals surface area contributed by atoms with Crippen LogP contribution in [0.3, 0.4) is 0 Å².